The largest absolute Gasteiger partial charge is 2.00 e. The number of fused-ring (bicyclic) bond motifs is 5. The number of hydrogen-bond donors (Lipinski definition) is 0. The van der Waals surface area contributed by atoms with Crippen LogP contribution < -0.4 is 46.4 Å². The molecular formula is C62H43NSi2U. The van der Waals surface area contributed by atoms with Gasteiger partial charge in [0.2, 0.25) is 0 Å². The molecule has 0 aromatic heterocycles. The van der Waals surface area contributed by atoms with E-state index in [0.29, 0.717) is 0 Å². The van der Waals surface area contributed by atoms with Crippen LogP contribution in [0.5, 0.6) is 0 Å². The van der Waals surface area contributed by atoms with Gasteiger partial charge in [0.1, 0.15) is 8.07 Å². The van der Waals surface area contributed by atoms with Crippen molar-refractivity contribution in [2.45, 2.75) is 0 Å². The quantitative estimate of drug-likeness (QED) is 0.0833. The van der Waals surface area contributed by atoms with Crippen LogP contribution in [-0.2, 0) is 0 Å². The SMILES string of the molecule is [U+2].[c-]1ccccc1[Si]1(c2[c-]cc(-c3ccc(N(c4ccccc4)c4cc5ccccc5c5ccccc45)cc3)cc2)c2ccccc2[Si](c2ccccc2)(c2ccccc2)c2ccccc21. The van der Waals surface area contributed by atoms with Gasteiger partial charge in [-0.15, -0.1) is 5.56 Å². The van der Waals surface area contributed by atoms with E-state index in [1.54, 1.807) is 0 Å². The fraction of sp³-hybridized carbons (Fsp3) is 0. The Hall–Kier alpha value is -6.77. The first-order valence-electron chi connectivity index (χ1n) is 22.4. The van der Waals surface area contributed by atoms with E-state index >= 15 is 0 Å². The van der Waals surface area contributed by atoms with Crippen LogP contribution in [0, 0.1) is 43.2 Å². The number of nitrogens with zero attached hydrogens (tertiary/aromatic N) is 1. The maximum Gasteiger partial charge on any atom is 2.00 e. The van der Waals surface area contributed by atoms with Crippen LogP contribution in [0.3, 0.4) is 0 Å². The van der Waals surface area contributed by atoms with E-state index < -0.39 is 16.1 Å². The number of hydrogen-bond acceptors (Lipinski definition) is 1. The minimum atomic E-state index is -2.98. The molecule has 0 bridgehead atoms. The summed E-state index contributed by atoms with van der Waals surface area (Å²) in [7, 11) is -5.76. The van der Waals surface area contributed by atoms with Crippen LogP contribution in [0.25, 0.3) is 32.7 Å². The van der Waals surface area contributed by atoms with Crippen molar-refractivity contribution in [1.82, 2.24) is 0 Å². The van der Waals surface area contributed by atoms with E-state index in [2.05, 4.69) is 278 Å². The Balaban J connectivity index is 0.00000481. The van der Waals surface area contributed by atoms with Gasteiger partial charge < -0.3 is 4.90 Å². The molecular weight excluding hydrogens is 1050 g/mol. The van der Waals surface area contributed by atoms with Crippen molar-refractivity contribution in [1.29, 1.82) is 0 Å². The van der Waals surface area contributed by atoms with Crippen molar-refractivity contribution < 1.29 is 31.1 Å². The zero-order valence-corrected chi connectivity index (χ0v) is 42.4. The molecule has 0 saturated heterocycles. The van der Waals surface area contributed by atoms with Crippen molar-refractivity contribution in [2.24, 2.45) is 0 Å². The molecule has 0 amide bonds. The minimum Gasteiger partial charge on any atom is -0.310 e. The van der Waals surface area contributed by atoms with Crippen LogP contribution >= 0.6 is 0 Å². The van der Waals surface area contributed by atoms with Gasteiger partial charge in [-0.1, -0.05) is 194 Å². The van der Waals surface area contributed by atoms with Crippen molar-refractivity contribution in [3.05, 3.63) is 273 Å². The monoisotopic (exact) mass is 1100 g/mol. The molecule has 1 aliphatic rings. The molecule has 0 atom stereocenters. The number of anilines is 3. The second-order valence-electron chi connectivity index (χ2n) is 17.0. The molecule has 0 radical (unpaired) electrons. The number of rotatable bonds is 8. The molecule has 0 unspecified atom stereocenters. The first kappa shape index (κ1) is 41.9. The fourth-order valence-electron chi connectivity index (χ4n) is 10.9. The van der Waals surface area contributed by atoms with Gasteiger partial charge in [-0.25, -0.2) is 0 Å². The predicted molar refractivity (Wildman–Crippen MR) is 280 cm³/mol. The van der Waals surface area contributed by atoms with Crippen LogP contribution in [-0.4, -0.2) is 16.1 Å². The smallest absolute Gasteiger partial charge is 0.310 e. The van der Waals surface area contributed by atoms with Crippen molar-refractivity contribution in [2.75, 3.05) is 4.90 Å². The summed E-state index contributed by atoms with van der Waals surface area (Å²) in [4.78, 5) is 2.39. The van der Waals surface area contributed by atoms with Crippen LogP contribution in [0.2, 0.25) is 0 Å². The van der Waals surface area contributed by atoms with Crippen molar-refractivity contribution in [3.8, 4) is 11.1 Å². The maximum absolute atomic E-state index is 4.01. The third kappa shape index (κ3) is 6.63. The second kappa shape index (κ2) is 17.6. The van der Waals surface area contributed by atoms with Gasteiger partial charge in [-0.05, 0) is 77.6 Å². The van der Waals surface area contributed by atoms with E-state index in [1.165, 1.54) is 63.0 Å². The Morgan fingerprint density at radius 2 is 0.803 bits per heavy atom. The molecule has 11 aromatic carbocycles. The molecule has 0 N–H and O–H groups in total. The Bertz CT molecular complexity index is 3380. The van der Waals surface area contributed by atoms with Gasteiger partial charge in [0, 0.05) is 16.8 Å². The predicted octanol–water partition coefficient (Wildman–Crippen LogP) is 9.80. The van der Waals surface area contributed by atoms with Crippen molar-refractivity contribution >= 4 is 96.2 Å². The Morgan fingerprint density at radius 1 is 0.333 bits per heavy atom. The van der Waals surface area contributed by atoms with Gasteiger partial charge in [-0.3, -0.25) is 0 Å². The van der Waals surface area contributed by atoms with Gasteiger partial charge in [0.15, 0.2) is 8.07 Å². The molecule has 66 heavy (non-hydrogen) atoms. The van der Waals surface area contributed by atoms with Gasteiger partial charge in [-0.2, -0.15) is 65.0 Å². The Labute approximate surface area is 413 Å². The van der Waals surface area contributed by atoms with Gasteiger partial charge in [0.05, 0.1) is 5.69 Å². The number of para-hydroxylation sites is 1. The topological polar surface area (TPSA) is 3.24 Å². The van der Waals surface area contributed by atoms with Gasteiger partial charge in [0.25, 0.3) is 0 Å². The summed E-state index contributed by atoms with van der Waals surface area (Å²) in [5.41, 5.74) is 5.67. The molecule has 4 heteroatoms. The van der Waals surface area contributed by atoms with E-state index in [-0.39, 0.29) is 31.1 Å². The van der Waals surface area contributed by atoms with E-state index in [0.717, 1.165) is 28.2 Å². The summed E-state index contributed by atoms with van der Waals surface area (Å²) >= 11 is 0. The standard InChI is InChI=1S/C62H43NSi2.U/c1-5-22-49(23-6-1)63(58-45-48-21-13-14-30-55(48)56-31-15-16-32-57(56)58)50-41-37-46(38-42-50)47-39-43-54(44-40-47)65(53-28-11-4-12-29-53)61-35-19-17-33-59(61)64(51-24-7-2-8-25-51,52-26-9-3-10-27-52)60-34-18-20-36-62(60)65;/h1-28,30-43,45H;/q-2;+2. The normalized spacial score (nSPS) is 13.3. The molecule has 12 rings (SSSR count). The summed E-state index contributed by atoms with van der Waals surface area (Å²) in [6.07, 6.45) is 0. The molecule has 0 saturated carbocycles. The van der Waals surface area contributed by atoms with Crippen LogP contribution in [0.1, 0.15) is 0 Å². The molecule has 1 aliphatic heterocycles. The maximum atomic E-state index is 4.01. The zero-order chi connectivity index (χ0) is 43.2. The Kier molecular flexibility index (Phi) is 11.1. The summed E-state index contributed by atoms with van der Waals surface area (Å²) in [5, 5.41) is 16.0. The fourth-order valence-corrected chi connectivity index (χ4v) is 22.8. The Morgan fingerprint density at radius 3 is 1.38 bits per heavy atom. The molecule has 308 valence electrons. The summed E-state index contributed by atoms with van der Waals surface area (Å²) in [5.74, 6) is 0. The van der Waals surface area contributed by atoms with Crippen molar-refractivity contribution in [3.63, 3.8) is 0 Å². The zero-order valence-electron chi connectivity index (χ0n) is 36.3. The molecule has 0 spiro atoms. The first-order chi connectivity index (χ1) is 32.3. The first-order valence-corrected chi connectivity index (χ1v) is 26.4. The summed E-state index contributed by atoms with van der Waals surface area (Å²) in [6, 6.07) is 104. The number of benzene rings is 11. The van der Waals surface area contributed by atoms with Crippen LogP contribution in [0.15, 0.2) is 261 Å². The second-order valence-corrected chi connectivity index (χ2v) is 24.4. The molecule has 1 heterocycles. The van der Waals surface area contributed by atoms with E-state index in [9.17, 15) is 0 Å². The molecule has 1 nitrogen and oxygen atoms in total. The summed E-state index contributed by atoms with van der Waals surface area (Å²) in [6.45, 7) is 0. The minimum absolute atomic E-state index is 0. The molecule has 0 aliphatic carbocycles. The average molecular weight is 1100 g/mol. The third-order valence-electron chi connectivity index (χ3n) is 13.7. The van der Waals surface area contributed by atoms with E-state index in [4.69, 9.17) is 0 Å². The third-order valence-corrected chi connectivity index (χ3v) is 23.8. The molecule has 0 fully saturated rings. The summed E-state index contributed by atoms with van der Waals surface area (Å²) < 4.78 is 0. The van der Waals surface area contributed by atoms with Gasteiger partial charge >= 0.3 is 31.1 Å². The average Bonchev–Trinajstić information content (AvgIpc) is 3.39. The van der Waals surface area contributed by atoms with Crippen LogP contribution in [0.4, 0.5) is 17.1 Å². The van der Waals surface area contributed by atoms with E-state index in [1.807, 2.05) is 0 Å². The molecule has 11 aromatic rings.